The van der Waals surface area contributed by atoms with Crippen molar-refractivity contribution in [1.82, 2.24) is 4.90 Å². The summed E-state index contributed by atoms with van der Waals surface area (Å²) in [5.41, 5.74) is 1.31. The first-order valence-corrected chi connectivity index (χ1v) is 5.54. The second kappa shape index (κ2) is 3.92. The van der Waals surface area contributed by atoms with Crippen molar-refractivity contribution in [3.8, 4) is 0 Å². The summed E-state index contributed by atoms with van der Waals surface area (Å²) < 4.78 is 0. The molecule has 76 valence electrons. The first-order valence-electron chi connectivity index (χ1n) is 5.17. The first-order chi connectivity index (χ1) is 6.68. The van der Waals surface area contributed by atoms with Gasteiger partial charge >= 0.3 is 0 Å². The van der Waals surface area contributed by atoms with Gasteiger partial charge < -0.3 is 0 Å². The molecule has 0 atom stereocenters. The van der Waals surface area contributed by atoms with E-state index >= 15 is 0 Å². The third-order valence-electron chi connectivity index (χ3n) is 2.99. The lowest BCUT2D eigenvalue weighted by molar-refractivity contribution is 0.110. The van der Waals surface area contributed by atoms with Crippen LogP contribution in [0.4, 0.5) is 0 Å². The zero-order valence-electron chi connectivity index (χ0n) is 8.70. The number of benzene rings is 1. The first kappa shape index (κ1) is 10.0. The van der Waals surface area contributed by atoms with E-state index in [1.54, 1.807) is 0 Å². The van der Waals surface area contributed by atoms with E-state index in [4.69, 9.17) is 11.6 Å². The van der Waals surface area contributed by atoms with Gasteiger partial charge in [-0.1, -0.05) is 29.8 Å². The Morgan fingerprint density at radius 2 is 1.93 bits per heavy atom. The van der Waals surface area contributed by atoms with Crippen LogP contribution in [0, 0.1) is 0 Å². The van der Waals surface area contributed by atoms with Gasteiger partial charge in [0.25, 0.3) is 0 Å². The molecule has 1 aliphatic rings. The molecule has 14 heavy (non-hydrogen) atoms. The van der Waals surface area contributed by atoms with Crippen LogP contribution in [-0.2, 0) is 0 Å². The molecule has 1 aromatic carbocycles. The third kappa shape index (κ3) is 1.79. The minimum atomic E-state index is 0.645. The van der Waals surface area contributed by atoms with Crippen LogP contribution in [0.25, 0.3) is 0 Å². The van der Waals surface area contributed by atoms with E-state index in [0.29, 0.717) is 12.0 Å². The summed E-state index contributed by atoms with van der Waals surface area (Å²) in [6.07, 6.45) is 0. The van der Waals surface area contributed by atoms with Crippen LogP contribution >= 0.6 is 11.6 Å². The highest BCUT2D eigenvalue weighted by Gasteiger charge is 2.30. The summed E-state index contributed by atoms with van der Waals surface area (Å²) >= 11 is 6.14. The molecule has 1 nitrogen and oxygen atoms in total. The fraction of sp³-hybridized carbons (Fsp3) is 0.500. The van der Waals surface area contributed by atoms with Crippen LogP contribution in [-0.4, -0.2) is 24.0 Å². The summed E-state index contributed by atoms with van der Waals surface area (Å²) in [6.45, 7) is 6.79. The maximum Gasteiger partial charge on any atom is 0.0441 e. The summed E-state index contributed by atoms with van der Waals surface area (Å²) in [5, 5.41) is 0.918. The van der Waals surface area contributed by atoms with Gasteiger partial charge in [-0.25, -0.2) is 0 Å². The zero-order chi connectivity index (χ0) is 10.1. The van der Waals surface area contributed by atoms with Crippen LogP contribution in [0.5, 0.6) is 0 Å². The Balaban J connectivity index is 2.03. The number of rotatable bonds is 2. The van der Waals surface area contributed by atoms with Crippen LogP contribution in [0.1, 0.15) is 25.3 Å². The minimum absolute atomic E-state index is 0.645. The van der Waals surface area contributed by atoms with E-state index in [-0.39, 0.29) is 0 Å². The summed E-state index contributed by atoms with van der Waals surface area (Å²) in [5.74, 6) is 0.645. The van der Waals surface area contributed by atoms with E-state index in [9.17, 15) is 0 Å². The van der Waals surface area contributed by atoms with Crippen molar-refractivity contribution in [3.05, 3.63) is 34.9 Å². The van der Waals surface area contributed by atoms with Crippen molar-refractivity contribution in [2.45, 2.75) is 25.8 Å². The Kier molecular flexibility index (Phi) is 2.80. The van der Waals surface area contributed by atoms with Gasteiger partial charge in [0, 0.05) is 30.1 Å². The molecule has 0 unspecified atom stereocenters. The molecule has 1 aromatic rings. The Hall–Kier alpha value is -0.530. The molecule has 0 N–H and O–H groups in total. The molecule has 0 aliphatic carbocycles. The van der Waals surface area contributed by atoms with E-state index < -0.39 is 0 Å². The monoisotopic (exact) mass is 209 g/mol. The summed E-state index contributed by atoms with van der Waals surface area (Å²) in [4.78, 5) is 2.47. The predicted molar refractivity (Wildman–Crippen MR) is 60.9 cm³/mol. The highest BCUT2D eigenvalue weighted by molar-refractivity contribution is 6.31. The average Bonchev–Trinajstić information content (AvgIpc) is 2.05. The fourth-order valence-electron chi connectivity index (χ4n) is 1.94. The van der Waals surface area contributed by atoms with Crippen molar-refractivity contribution in [2.75, 3.05) is 13.1 Å². The van der Waals surface area contributed by atoms with Gasteiger partial charge in [-0.2, -0.15) is 0 Å². The minimum Gasteiger partial charge on any atom is -0.300 e. The number of nitrogens with zero attached hydrogens (tertiary/aromatic N) is 1. The second-order valence-electron chi connectivity index (χ2n) is 4.27. The van der Waals surface area contributed by atoms with Gasteiger partial charge in [-0.15, -0.1) is 0 Å². The zero-order valence-corrected chi connectivity index (χ0v) is 9.46. The standard InChI is InChI=1S/C12H16ClN/c1-9(2)14-7-10(8-14)11-5-3-4-6-12(11)13/h3-6,9-10H,7-8H2,1-2H3. The molecule has 1 fully saturated rings. The van der Waals surface area contributed by atoms with Crippen molar-refractivity contribution < 1.29 is 0 Å². The molecule has 0 amide bonds. The van der Waals surface area contributed by atoms with E-state index in [1.807, 2.05) is 12.1 Å². The molecule has 2 rings (SSSR count). The van der Waals surface area contributed by atoms with E-state index in [0.717, 1.165) is 18.1 Å². The van der Waals surface area contributed by atoms with Gasteiger partial charge in [-0.3, -0.25) is 4.90 Å². The largest absolute Gasteiger partial charge is 0.300 e. The molecule has 0 saturated carbocycles. The topological polar surface area (TPSA) is 3.24 Å². The Morgan fingerprint density at radius 3 is 2.50 bits per heavy atom. The van der Waals surface area contributed by atoms with Crippen LogP contribution in [0.2, 0.25) is 5.02 Å². The summed E-state index contributed by atoms with van der Waals surface area (Å²) in [6, 6.07) is 8.84. The van der Waals surface area contributed by atoms with Crippen LogP contribution in [0.15, 0.2) is 24.3 Å². The van der Waals surface area contributed by atoms with Gasteiger partial charge in [0.05, 0.1) is 0 Å². The van der Waals surface area contributed by atoms with Gasteiger partial charge in [0.2, 0.25) is 0 Å². The van der Waals surface area contributed by atoms with E-state index in [1.165, 1.54) is 5.56 Å². The molecule has 1 saturated heterocycles. The van der Waals surface area contributed by atoms with Crippen LogP contribution < -0.4 is 0 Å². The number of hydrogen-bond acceptors (Lipinski definition) is 1. The molecule has 1 heterocycles. The maximum atomic E-state index is 6.14. The van der Waals surface area contributed by atoms with Crippen molar-refractivity contribution in [1.29, 1.82) is 0 Å². The maximum absolute atomic E-state index is 6.14. The van der Waals surface area contributed by atoms with Gasteiger partial charge in [-0.05, 0) is 25.5 Å². The Bertz CT molecular complexity index is 316. The van der Waals surface area contributed by atoms with Crippen molar-refractivity contribution in [2.24, 2.45) is 0 Å². The molecule has 2 heteroatoms. The molecular formula is C12H16ClN. The SMILES string of the molecule is CC(C)N1CC(c2ccccc2Cl)C1. The fourth-order valence-corrected chi connectivity index (χ4v) is 2.23. The molecule has 0 aromatic heterocycles. The third-order valence-corrected chi connectivity index (χ3v) is 3.33. The lowest BCUT2D eigenvalue weighted by Gasteiger charge is -2.42. The van der Waals surface area contributed by atoms with Gasteiger partial charge in [0.1, 0.15) is 0 Å². The van der Waals surface area contributed by atoms with Crippen molar-refractivity contribution in [3.63, 3.8) is 0 Å². The number of halogens is 1. The van der Waals surface area contributed by atoms with E-state index in [2.05, 4.69) is 30.9 Å². The molecule has 0 spiro atoms. The summed E-state index contributed by atoms with van der Waals surface area (Å²) in [7, 11) is 0. The molecule has 0 bridgehead atoms. The highest BCUT2D eigenvalue weighted by Crippen LogP contribution is 2.32. The average molecular weight is 210 g/mol. The molecule has 1 aliphatic heterocycles. The van der Waals surface area contributed by atoms with Crippen LogP contribution in [0.3, 0.4) is 0 Å². The predicted octanol–water partition coefficient (Wildman–Crippen LogP) is 3.15. The second-order valence-corrected chi connectivity index (χ2v) is 4.67. The van der Waals surface area contributed by atoms with Crippen molar-refractivity contribution >= 4 is 11.6 Å². The Labute approximate surface area is 90.7 Å². The van der Waals surface area contributed by atoms with Gasteiger partial charge in [0.15, 0.2) is 0 Å². The molecular weight excluding hydrogens is 194 g/mol. The highest BCUT2D eigenvalue weighted by atomic mass is 35.5. The number of hydrogen-bond donors (Lipinski definition) is 0. The lowest BCUT2D eigenvalue weighted by Crippen LogP contribution is -2.48. The normalized spacial score (nSPS) is 18.6. The Morgan fingerprint density at radius 1 is 1.29 bits per heavy atom. The lowest BCUT2D eigenvalue weighted by atomic mass is 9.90. The quantitative estimate of drug-likeness (QED) is 0.724. The number of likely N-dealkylation sites (tertiary alicyclic amines) is 1. The molecule has 0 radical (unpaired) electrons. The smallest absolute Gasteiger partial charge is 0.0441 e.